The summed E-state index contributed by atoms with van der Waals surface area (Å²) in [7, 11) is -3.74. The average Bonchev–Trinajstić information content (AvgIpc) is 3.12. The Balaban J connectivity index is 2.26. The highest BCUT2D eigenvalue weighted by Gasteiger charge is 2.32. The largest absolute Gasteiger partial charge is 0.480 e. The summed E-state index contributed by atoms with van der Waals surface area (Å²) in [6.45, 7) is -0.209. The minimum Gasteiger partial charge on any atom is -0.480 e. The molecule has 7 heteroatoms. The second-order valence-electron chi connectivity index (χ2n) is 4.59. The Morgan fingerprint density at radius 3 is 2.37 bits per heavy atom. The maximum absolute atomic E-state index is 12.4. The van der Waals surface area contributed by atoms with Crippen LogP contribution in [-0.2, 0) is 14.8 Å². The molecule has 0 aliphatic heterocycles. The number of hydrogen-bond donors (Lipinski definition) is 1. The topological polar surface area (TPSA) is 74.7 Å². The maximum Gasteiger partial charge on any atom is 0.318 e. The summed E-state index contributed by atoms with van der Waals surface area (Å²) < 4.78 is 26.6. The molecule has 0 heterocycles. The van der Waals surface area contributed by atoms with Gasteiger partial charge in [-0.2, -0.15) is 4.31 Å². The fourth-order valence-electron chi connectivity index (χ4n) is 1.74. The molecule has 1 aromatic carbocycles. The van der Waals surface area contributed by atoms with Gasteiger partial charge in [0.05, 0.1) is 4.90 Å². The van der Waals surface area contributed by atoms with Gasteiger partial charge in [0.15, 0.2) is 0 Å². The molecule has 1 aromatic rings. The third-order valence-corrected chi connectivity index (χ3v) is 5.28. The normalized spacial score (nSPS) is 15.7. The van der Waals surface area contributed by atoms with E-state index in [0.29, 0.717) is 5.92 Å². The van der Waals surface area contributed by atoms with Gasteiger partial charge in [-0.1, -0.05) is 15.9 Å². The van der Waals surface area contributed by atoms with E-state index in [9.17, 15) is 13.2 Å². The smallest absolute Gasteiger partial charge is 0.318 e. The van der Waals surface area contributed by atoms with Crippen LogP contribution in [0.15, 0.2) is 33.6 Å². The van der Waals surface area contributed by atoms with Gasteiger partial charge >= 0.3 is 5.97 Å². The first-order valence-electron chi connectivity index (χ1n) is 5.87. The Morgan fingerprint density at radius 2 is 1.89 bits per heavy atom. The van der Waals surface area contributed by atoms with Gasteiger partial charge in [-0.05, 0) is 43.0 Å². The lowest BCUT2D eigenvalue weighted by Gasteiger charge is -2.20. The number of benzene rings is 1. The van der Waals surface area contributed by atoms with Crippen LogP contribution in [0, 0.1) is 5.92 Å². The lowest BCUT2D eigenvalue weighted by Crippen LogP contribution is -2.37. The van der Waals surface area contributed by atoms with Crippen LogP contribution in [0.1, 0.15) is 12.8 Å². The van der Waals surface area contributed by atoms with E-state index in [0.717, 1.165) is 21.6 Å². The summed E-state index contributed by atoms with van der Waals surface area (Å²) in [5.74, 6) is -0.842. The minimum absolute atomic E-state index is 0.123. The summed E-state index contributed by atoms with van der Waals surface area (Å²) in [6, 6.07) is 6.20. The SMILES string of the molecule is O=C(O)CN(CC1CC1)S(=O)(=O)c1ccc(Br)cc1. The number of carboxylic acid groups (broad SMARTS) is 1. The quantitative estimate of drug-likeness (QED) is 0.853. The summed E-state index contributed by atoms with van der Waals surface area (Å²) in [5, 5.41) is 8.86. The fraction of sp³-hybridized carbons (Fsp3) is 0.417. The first-order valence-corrected chi connectivity index (χ1v) is 8.10. The molecule has 1 N–H and O–H groups in total. The second-order valence-corrected chi connectivity index (χ2v) is 7.44. The van der Waals surface area contributed by atoms with Crippen molar-refractivity contribution >= 4 is 31.9 Å². The Labute approximate surface area is 120 Å². The van der Waals surface area contributed by atoms with Crippen LogP contribution in [0.2, 0.25) is 0 Å². The van der Waals surface area contributed by atoms with E-state index >= 15 is 0 Å². The molecule has 0 amide bonds. The molecule has 0 unspecified atom stereocenters. The van der Waals surface area contributed by atoms with Gasteiger partial charge in [0.2, 0.25) is 10.0 Å². The average molecular weight is 348 g/mol. The predicted octanol–water partition coefficient (Wildman–Crippen LogP) is 1.93. The lowest BCUT2D eigenvalue weighted by molar-refractivity contribution is -0.137. The highest BCUT2D eigenvalue weighted by atomic mass is 79.9. The van der Waals surface area contributed by atoms with E-state index in [1.54, 1.807) is 12.1 Å². The minimum atomic E-state index is -3.74. The summed E-state index contributed by atoms with van der Waals surface area (Å²) in [6.07, 6.45) is 1.93. The number of aliphatic carboxylic acids is 1. The summed E-state index contributed by atoms with van der Waals surface area (Å²) >= 11 is 3.24. The molecule has 5 nitrogen and oxygen atoms in total. The number of carbonyl (C=O) groups is 1. The number of halogens is 1. The molecule has 2 rings (SSSR count). The van der Waals surface area contributed by atoms with Crippen LogP contribution < -0.4 is 0 Å². The second kappa shape index (κ2) is 5.60. The van der Waals surface area contributed by atoms with E-state index in [2.05, 4.69) is 15.9 Å². The van der Waals surface area contributed by atoms with Crippen molar-refractivity contribution in [2.24, 2.45) is 5.92 Å². The van der Waals surface area contributed by atoms with Crippen LogP contribution in [0.4, 0.5) is 0 Å². The molecule has 0 atom stereocenters. The van der Waals surface area contributed by atoms with E-state index in [1.165, 1.54) is 12.1 Å². The molecule has 0 spiro atoms. The monoisotopic (exact) mass is 347 g/mol. The molecule has 1 aliphatic carbocycles. The van der Waals surface area contributed by atoms with E-state index < -0.39 is 22.5 Å². The number of carboxylic acids is 1. The summed E-state index contributed by atoms with van der Waals surface area (Å²) in [5.41, 5.74) is 0. The van der Waals surface area contributed by atoms with Gasteiger partial charge < -0.3 is 5.11 Å². The van der Waals surface area contributed by atoms with Gasteiger partial charge in [0, 0.05) is 11.0 Å². The molecule has 104 valence electrons. The Morgan fingerprint density at radius 1 is 1.32 bits per heavy atom. The van der Waals surface area contributed by atoms with Crippen molar-refractivity contribution in [1.29, 1.82) is 0 Å². The number of sulfonamides is 1. The maximum atomic E-state index is 12.4. The van der Waals surface area contributed by atoms with Crippen LogP contribution in [0.3, 0.4) is 0 Å². The van der Waals surface area contributed by atoms with Crippen LogP contribution in [0.25, 0.3) is 0 Å². The van der Waals surface area contributed by atoms with Crippen LogP contribution >= 0.6 is 15.9 Å². The highest BCUT2D eigenvalue weighted by molar-refractivity contribution is 9.10. The number of nitrogens with zero attached hydrogens (tertiary/aromatic N) is 1. The standard InChI is InChI=1S/C12H14BrNO4S/c13-10-3-5-11(6-4-10)19(17,18)14(8-12(15)16)7-9-1-2-9/h3-6,9H,1-2,7-8H2,(H,15,16). The molecular weight excluding hydrogens is 334 g/mol. The fourth-order valence-corrected chi connectivity index (χ4v) is 3.47. The Hall–Kier alpha value is -0.920. The molecule has 0 aromatic heterocycles. The number of rotatable bonds is 6. The van der Waals surface area contributed by atoms with Gasteiger partial charge in [-0.15, -0.1) is 0 Å². The lowest BCUT2D eigenvalue weighted by atomic mass is 10.4. The molecule has 19 heavy (non-hydrogen) atoms. The van der Waals surface area contributed by atoms with Crippen molar-refractivity contribution in [2.45, 2.75) is 17.7 Å². The van der Waals surface area contributed by atoms with E-state index in [4.69, 9.17) is 5.11 Å². The molecule has 0 saturated heterocycles. The zero-order chi connectivity index (χ0) is 14.0. The summed E-state index contributed by atoms with van der Waals surface area (Å²) in [4.78, 5) is 11.0. The van der Waals surface area contributed by atoms with Crippen molar-refractivity contribution in [2.75, 3.05) is 13.1 Å². The third-order valence-electron chi connectivity index (χ3n) is 2.92. The van der Waals surface area contributed by atoms with Crippen molar-refractivity contribution in [1.82, 2.24) is 4.31 Å². The molecule has 0 radical (unpaired) electrons. The molecule has 1 aliphatic rings. The van der Waals surface area contributed by atoms with Gasteiger partial charge in [-0.3, -0.25) is 4.79 Å². The first kappa shape index (κ1) is 14.5. The van der Waals surface area contributed by atoms with Crippen molar-refractivity contribution in [3.8, 4) is 0 Å². The third kappa shape index (κ3) is 3.77. The Bertz CT molecular complexity index is 566. The van der Waals surface area contributed by atoms with Crippen LogP contribution in [-0.4, -0.2) is 36.9 Å². The highest BCUT2D eigenvalue weighted by Crippen LogP contribution is 2.31. The first-order chi connectivity index (χ1) is 8.89. The molecule has 1 fully saturated rings. The van der Waals surface area contributed by atoms with Crippen molar-refractivity contribution in [3.63, 3.8) is 0 Å². The van der Waals surface area contributed by atoms with E-state index in [1.807, 2.05) is 0 Å². The van der Waals surface area contributed by atoms with Gasteiger partial charge in [0.25, 0.3) is 0 Å². The van der Waals surface area contributed by atoms with Crippen molar-refractivity contribution in [3.05, 3.63) is 28.7 Å². The Kier molecular flexibility index (Phi) is 4.27. The predicted molar refractivity (Wildman–Crippen MR) is 73.3 cm³/mol. The van der Waals surface area contributed by atoms with Gasteiger partial charge in [-0.25, -0.2) is 8.42 Å². The van der Waals surface area contributed by atoms with Crippen LogP contribution in [0.5, 0.6) is 0 Å². The van der Waals surface area contributed by atoms with E-state index in [-0.39, 0.29) is 11.4 Å². The molecular formula is C12H14BrNO4S. The van der Waals surface area contributed by atoms with Gasteiger partial charge in [0.1, 0.15) is 6.54 Å². The zero-order valence-electron chi connectivity index (χ0n) is 10.1. The van der Waals surface area contributed by atoms with Crippen molar-refractivity contribution < 1.29 is 18.3 Å². The molecule has 1 saturated carbocycles. The molecule has 0 bridgehead atoms. The zero-order valence-corrected chi connectivity index (χ0v) is 12.5. The number of hydrogen-bond acceptors (Lipinski definition) is 3.